The molecule has 5 nitrogen and oxygen atoms in total. The van der Waals surface area contributed by atoms with E-state index in [1.54, 1.807) is 18.5 Å². The van der Waals surface area contributed by atoms with Crippen LogP contribution in [0.1, 0.15) is 32.2 Å². The fourth-order valence-electron chi connectivity index (χ4n) is 1.93. The predicted molar refractivity (Wildman–Crippen MR) is 79.7 cm³/mol. The summed E-state index contributed by atoms with van der Waals surface area (Å²) < 4.78 is 1.88. The number of rotatable bonds is 4. The summed E-state index contributed by atoms with van der Waals surface area (Å²) in [6.07, 6.45) is 1.55. The first-order chi connectivity index (χ1) is 9.41. The van der Waals surface area contributed by atoms with E-state index in [1.165, 1.54) is 0 Å². The van der Waals surface area contributed by atoms with Crippen LogP contribution in [0.25, 0.3) is 0 Å². The molecule has 0 fully saturated rings. The summed E-state index contributed by atoms with van der Waals surface area (Å²) in [5.41, 5.74) is 1.47. The summed E-state index contributed by atoms with van der Waals surface area (Å²) in [6, 6.07) is 5.40. The van der Waals surface area contributed by atoms with E-state index in [0.717, 1.165) is 17.1 Å². The Bertz CT molecular complexity index is 589. The molecule has 1 aromatic heterocycles. The van der Waals surface area contributed by atoms with Crippen molar-refractivity contribution in [3.63, 3.8) is 0 Å². The molecule has 0 aliphatic rings. The second-order valence-corrected chi connectivity index (χ2v) is 5.99. The molecule has 0 aliphatic carbocycles. The van der Waals surface area contributed by atoms with E-state index in [2.05, 4.69) is 36.2 Å². The van der Waals surface area contributed by atoms with Gasteiger partial charge >= 0.3 is 0 Å². The topological polar surface area (TPSA) is 63.0 Å². The normalized spacial score (nSPS) is 11.7. The summed E-state index contributed by atoms with van der Waals surface area (Å²) in [5, 5.41) is 17.3. The standard InChI is InChI=1S/C14H19ClN4O/c1-14(2,3)19-13(17-9-18-19)7-16-12-6-10(8-20)4-5-11(12)15/h4-6,9,16,20H,7-8H2,1-3H3. The maximum absolute atomic E-state index is 9.16. The number of nitrogens with zero attached hydrogens (tertiary/aromatic N) is 3. The van der Waals surface area contributed by atoms with E-state index in [9.17, 15) is 0 Å². The van der Waals surface area contributed by atoms with Crippen LogP contribution in [0.15, 0.2) is 24.5 Å². The van der Waals surface area contributed by atoms with E-state index in [0.29, 0.717) is 11.6 Å². The van der Waals surface area contributed by atoms with Crippen LogP contribution in [0.5, 0.6) is 0 Å². The van der Waals surface area contributed by atoms with Gasteiger partial charge in [0.1, 0.15) is 12.2 Å². The van der Waals surface area contributed by atoms with Crippen molar-refractivity contribution in [2.24, 2.45) is 0 Å². The number of nitrogens with one attached hydrogen (secondary N) is 1. The molecule has 0 unspecified atom stereocenters. The number of aromatic nitrogens is 3. The molecule has 0 saturated heterocycles. The lowest BCUT2D eigenvalue weighted by molar-refractivity contribution is 0.282. The molecule has 0 spiro atoms. The third-order valence-corrected chi connectivity index (χ3v) is 3.23. The van der Waals surface area contributed by atoms with Gasteiger partial charge in [0.2, 0.25) is 0 Å². The van der Waals surface area contributed by atoms with Gasteiger partial charge in [0.15, 0.2) is 0 Å². The van der Waals surface area contributed by atoms with Crippen LogP contribution in [-0.2, 0) is 18.7 Å². The van der Waals surface area contributed by atoms with Crippen LogP contribution < -0.4 is 5.32 Å². The minimum atomic E-state index is -0.121. The molecule has 2 aromatic rings. The van der Waals surface area contributed by atoms with Gasteiger partial charge in [-0.3, -0.25) is 0 Å². The summed E-state index contributed by atoms with van der Waals surface area (Å²) in [6.45, 7) is 6.73. The minimum Gasteiger partial charge on any atom is -0.392 e. The first kappa shape index (κ1) is 14.8. The zero-order chi connectivity index (χ0) is 14.8. The van der Waals surface area contributed by atoms with Crippen LogP contribution in [0, 0.1) is 0 Å². The molecule has 2 rings (SSSR count). The zero-order valence-corrected chi connectivity index (χ0v) is 12.6. The lowest BCUT2D eigenvalue weighted by Gasteiger charge is -2.21. The number of hydrogen-bond donors (Lipinski definition) is 2. The summed E-state index contributed by atoms with van der Waals surface area (Å²) in [7, 11) is 0. The van der Waals surface area contributed by atoms with Crippen LogP contribution in [0.4, 0.5) is 5.69 Å². The molecule has 108 valence electrons. The lowest BCUT2D eigenvalue weighted by Crippen LogP contribution is -2.26. The lowest BCUT2D eigenvalue weighted by atomic mass is 10.1. The van der Waals surface area contributed by atoms with E-state index >= 15 is 0 Å². The fraction of sp³-hybridized carbons (Fsp3) is 0.429. The van der Waals surface area contributed by atoms with Gasteiger partial charge in [-0.25, -0.2) is 9.67 Å². The maximum Gasteiger partial charge on any atom is 0.146 e. The van der Waals surface area contributed by atoms with Crippen molar-refractivity contribution in [1.82, 2.24) is 14.8 Å². The van der Waals surface area contributed by atoms with Gasteiger partial charge in [-0.1, -0.05) is 17.7 Å². The number of benzene rings is 1. The molecule has 20 heavy (non-hydrogen) atoms. The Labute approximate surface area is 123 Å². The molecule has 6 heteroatoms. The molecular weight excluding hydrogens is 276 g/mol. The van der Waals surface area contributed by atoms with Crippen LogP contribution in [0.3, 0.4) is 0 Å². The van der Waals surface area contributed by atoms with Crippen molar-refractivity contribution in [3.05, 3.63) is 40.9 Å². The Hall–Kier alpha value is -1.59. The monoisotopic (exact) mass is 294 g/mol. The van der Waals surface area contributed by atoms with Gasteiger partial charge in [-0.2, -0.15) is 5.10 Å². The molecular formula is C14H19ClN4O. The van der Waals surface area contributed by atoms with E-state index in [4.69, 9.17) is 16.7 Å². The van der Waals surface area contributed by atoms with Crippen LogP contribution in [0.2, 0.25) is 5.02 Å². The first-order valence-corrected chi connectivity index (χ1v) is 6.82. The van der Waals surface area contributed by atoms with Gasteiger partial charge in [-0.05, 0) is 38.5 Å². The van der Waals surface area contributed by atoms with Crippen molar-refractivity contribution in [2.75, 3.05) is 5.32 Å². The number of anilines is 1. The third kappa shape index (κ3) is 3.29. The van der Waals surface area contributed by atoms with Crippen molar-refractivity contribution < 1.29 is 5.11 Å². The summed E-state index contributed by atoms with van der Waals surface area (Å²) in [4.78, 5) is 4.27. The highest BCUT2D eigenvalue weighted by molar-refractivity contribution is 6.33. The molecule has 2 N–H and O–H groups in total. The Morgan fingerprint density at radius 2 is 2.10 bits per heavy atom. The van der Waals surface area contributed by atoms with Crippen LogP contribution in [-0.4, -0.2) is 19.9 Å². The van der Waals surface area contributed by atoms with E-state index in [1.807, 2.05) is 10.7 Å². The molecule has 0 saturated carbocycles. The third-order valence-electron chi connectivity index (χ3n) is 2.90. The average molecular weight is 295 g/mol. The predicted octanol–water partition coefficient (Wildman–Crippen LogP) is 2.79. The van der Waals surface area contributed by atoms with Crippen molar-refractivity contribution >= 4 is 17.3 Å². The first-order valence-electron chi connectivity index (χ1n) is 6.44. The van der Waals surface area contributed by atoms with Crippen LogP contribution >= 0.6 is 11.6 Å². The number of aliphatic hydroxyl groups is 1. The van der Waals surface area contributed by atoms with Gasteiger partial charge in [0.25, 0.3) is 0 Å². The van der Waals surface area contributed by atoms with Gasteiger partial charge in [0.05, 0.1) is 29.4 Å². The quantitative estimate of drug-likeness (QED) is 0.910. The van der Waals surface area contributed by atoms with Crippen molar-refractivity contribution in [3.8, 4) is 0 Å². The SMILES string of the molecule is CC(C)(C)n1ncnc1CNc1cc(CO)ccc1Cl. The number of aliphatic hydroxyl groups excluding tert-OH is 1. The highest BCUT2D eigenvalue weighted by Gasteiger charge is 2.18. The second kappa shape index (κ2) is 5.81. The molecule has 0 bridgehead atoms. The molecule has 1 heterocycles. The molecule has 0 radical (unpaired) electrons. The van der Waals surface area contributed by atoms with Crippen molar-refractivity contribution in [2.45, 2.75) is 39.5 Å². The second-order valence-electron chi connectivity index (χ2n) is 5.58. The number of halogens is 1. The Morgan fingerprint density at radius 1 is 1.35 bits per heavy atom. The minimum absolute atomic E-state index is 0.00990. The largest absolute Gasteiger partial charge is 0.392 e. The van der Waals surface area contributed by atoms with Gasteiger partial charge < -0.3 is 10.4 Å². The molecule has 0 amide bonds. The molecule has 1 aromatic carbocycles. The van der Waals surface area contributed by atoms with Gasteiger partial charge in [-0.15, -0.1) is 0 Å². The highest BCUT2D eigenvalue weighted by Crippen LogP contribution is 2.24. The fourth-order valence-corrected chi connectivity index (χ4v) is 2.11. The van der Waals surface area contributed by atoms with E-state index in [-0.39, 0.29) is 12.1 Å². The van der Waals surface area contributed by atoms with Gasteiger partial charge in [0, 0.05) is 0 Å². The smallest absolute Gasteiger partial charge is 0.146 e. The Morgan fingerprint density at radius 3 is 2.75 bits per heavy atom. The average Bonchev–Trinajstić information content (AvgIpc) is 2.86. The summed E-state index contributed by atoms with van der Waals surface area (Å²) >= 11 is 6.14. The molecule has 0 atom stereocenters. The maximum atomic E-state index is 9.16. The molecule has 0 aliphatic heterocycles. The number of hydrogen-bond acceptors (Lipinski definition) is 4. The Balaban J connectivity index is 2.15. The van der Waals surface area contributed by atoms with Crippen molar-refractivity contribution in [1.29, 1.82) is 0 Å². The van der Waals surface area contributed by atoms with E-state index < -0.39 is 0 Å². The highest BCUT2D eigenvalue weighted by atomic mass is 35.5. The summed E-state index contributed by atoms with van der Waals surface area (Å²) in [5.74, 6) is 0.836. The zero-order valence-electron chi connectivity index (χ0n) is 11.9. The Kier molecular flexibility index (Phi) is 4.30.